The fourth-order valence-corrected chi connectivity index (χ4v) is 17.3. The van der Waals surface area contributed by atoms with E-state index in [0.717, 1.165) is 218 Å². The van der Waals surface area contributed by atoms with E-state index in [1.807, 2.05) is 39.6 Å². The number of amides is 5. The number of nitrogens with one attached hydrogen (secondary N) is 6. The van der Waals surface area contributed by atoms with Crippen LogP contribution in [0.15, 0.2) is 192 Å². The van der Waals surface area contributed by atoms with E-state index in [9.17, 15) is 45.9 Å². The predicted octanol–water partition coefficient (Wildman–Crippen LogP) is 5.91. The first-order chi connectivity index (χ1) is 71.1. The third kappa shape index (κ3) is 22.3. The van der Waals surface area contributed by atoms with Crippen molar-refractivity contribution in [1.82, 2.24) is 152 Å². The Morgan fingerprint density at radius 3 is 1.20 bits per heavy atom. The number of anilines is 12. The molecule has 2 atom stereocenters. The number of pyridine rings is 5. The van der Waals surface area contributed by atoms with Gasteiger partial charge in [0.05, 0.1) is 180 Å². The van der Waals surface area contributed by atoms with E-state index >= 15 is 0 Å². The number of aromatic nitrogens is 26. The van der Waals surface area contributed by atoms with Crippen molar-refractivity contribution in [2.45, 2.75) is 31.3 Å². The molecule has 4 fully saturated rings. The van der Waals surface area contributed by atoms with E-state index in [1.165, 1.54) is 18.6 Å². The third-order valence-corrected chi connectivity index (χ3v) is 24.4. The summed E-state index contributed by atoms with van der Waals surface area (Å²) in [6.07, 6.45) is 41.4. The maximum Gasteiger partial charge on any atom is 0.263 e. The Bertz CT molecular complexity index is 7870. The molecule has 0 aromatic carbocycles. The molecule has 22 heterocycles. The van der Waals surface area contributed by atoms with Crippen LogP contribution in [-0.4, -0.2) is 308 Å². The summed E-state index contributed by atoms with van der Waals surface area (Å²) in [5.41, 5.74) is 38.6. The van der Waals surface area contributed by atoms with Crippen molar-refractivity contribution in [3.05, 3.63) is 265 Å². The van der Waals surface area contributed by atoms with Crippen molar-refractivity contribution < 1.29 is 50.7 Å². The molecular weight excluding hydrogens is 1930 g/mol. The molecule has 18 aromatic heterocycles. The number of carbonyl (C=O) groups is 5. The van der Waals surface area contributed by atoms with Gasteiger partial charge in [-0.1, -0.05) is 11.6 Å². The quantitative estimate of drug-likeness (QED) is 0.0351. The Morgan fingerprint density at radius 1 is 0.422 bits per heavy atom. The summed E-state index contributed by atoms with van der Waals surface area (Å²) in [4.78, 5) is 123. The number of hydrogen-bond donors (Lipinski definition) is 11. The molecule has 22 rings (SSSR count). The molecule has 16 N–H and O–H groups in total. The molecule has 0 aliphatic carbocycles. The van der Waals surface area contributed by atoms with E-state index in [4.69, 9.17) is 45.0 Å². The van der Waals surface area contributed by atoms with E-state index < -0.39 is 58.6 Å². The number of rotatable bonds is 22. The fraction of sp³-hybridized carbons (Fsp3) is 0.250. The molecule has 4 aliphatic heterocycles. The zero-order chi connectivity index (χ0) is 103. The minimum absolute atomic E-state index is 0.0200. The van der Waals surface area contributed by atoms with Gasteiger partial charge in [0.25, 0.3) is 29.5 Å². The van der Waals surface area contributed by atoms with Crippen LogP contribution in [0.1, 0.15) is 69.3 Å². The van der Waals surface area contributed by atoms with Crippen LogP contribution in [0.3, 0.4) is 0 Å². The van der Waals surface area contributed by atoms with E-state index in [-0.39, 0.29) is 85.1 Å². The number of imidazole rings is 1. The van der Waals surface area contributed by atoms with Crippen LogP contribution in [0.25, 0.3) is 45.3 Å². The van der Waals surface area contributed by atoms with Gasteiger partial charge in [0.15, 0.2) is 86.4 Å². The summed E-state index contributed by atoms with van der Waals surface area (Å²) in [7, 11) is 8.03. The SMILES string of the molecule is CN(C)CCc1cnn(-c2ccncc2NC(=O)c2c(N)nn3cc(F)cnc23)c1.CN1CCN2CCN(c3c(Cl)cncc3NC(=O)c3c(N)nn4cc(F)cnc34)CC2C1.CNCCc1cnn(-c2ccncc2NC(=O)c2c(N)nn3cc(F)cnc23)c1.Nc1nn2cc(F)cnc2c1C(=O)Nc1cnccc1-n1ccnc1.Nc1nn2cc(F)cnc2c1C(=O)Nc1cnccc1N1CCN([C@@H]2CCOC2)CC1. The Kier molecular flexibility index (Phi) is 29.7. The molecule has 4 saturated heterocycles. The number of carbonyl (C=O) groups excluding carboxylic acids is 5. The highest BCUT2D eigenvalue weighted by molar-refractivity contribution is 6.34. The molecule has 18 aromatic rings. The first-order valence-electron chi connectivity index (χ1n) is 45.7. The lowest BCUT2D eigenvalue weighted by molar-refractivity contribution is 0.0807. The van der Waals surface area contributed by atoms with Crippen molar-refractivity contribution in [2.24, 2.45) is 0 Å². The summed E-state index contributed by atoms with van der Waals surface area (Å²) in [6, 6.07) is 7.96. The molecule has 49 nitrogen and oxygen atoms in total. The number of piperazine rings is 3. The highest BCUT2D eigenvalue weighted by atomic mass is 35.5. The lowest BCUT2D eigenvalue weighted by atomic mass is 10.1. The highest BCUT2D eigenvalue weighted by Crippen LogP contribution is 2.38. The average Bonchev–Trinajstić information content (AvgIpc) is 1.74. The highest BCUT2D eigenvalue weighted by Gasteiger charge is 2.36. The van der Waals surface area contributed by atoms with Gasteiger partial charge < -0.3 is 89.5 Å². The second-order valence-corrected chi connectivity index (χ2v) is 34.7. The van der Waals surface area contributed by atoms with Crippen LogP contribution in [-0.2, 0) is 17.6 Å². The number of nitrogens with zero attached hydrogens (tertiary/aromatic N) is 32. The predicted molar refractivity (Wildman–Crippen MR) is 532 cm³/mol. The Balaban J connectivity index is 0.000000121. The van der Waals surface area contributed by atoms with Gasteiger partial charge in [0, 0.05) is 146 Å². The molecular formula is C92H95ClF5N43O6. The van der Waals surface area contributed by atoms with Crippen molar-refractivity contribution in [2.75, 3.05) is 185 Å². The molecule has 756 valence electrons. The maximum absolute atomic E-state index is 13.5. The van der Waals surface area contributed by atoms with Gasteiger partial charge in [-0.15, -0.1) is 25.5 Å². The molecule has 1 unspecified atom stereocenters. The maximum atomic E-state index is 13.5. The zero-order valence-corrected chi connectivity index (χ0v) is 79.7. The van der Waals surface area contributed by atoms with Crippen molar-refractivity contribution in [1.29, 1.82) is 0 Å². The smallest absolute Gasteiger partial charge is 0.263 e. The molecule has 55 heteroatoms. The number of hydrogen-bond acceptors (Lipinski definition) is 36. The second-order valence-electron chi connectivity index (χ2n) is 34.3. The largest absolute Gasteiger partial charge is 0.381 e. The van der Waals surface area contributed by atoms with E-state index in [1.54, 1.807) is 107 Å². The second kappa shape index (κ2) is 43.9. The molecule has 5 amide bonds. The number of ether oxygens (including phenoxy) is 1. The fourth-order valence-electron chi connectivity index (χ4n) is 17.1. The topological polar surface area (TPSA) is 585 Å². The Labute approximate surface area is 835 Å². The summed E-state index contributed by atoms with van der Waals surface area (Å²) >= 11 is 6.54. The normalized spacial score (nSPS) is 14.9. The minimum atomic E-state index is -0.589. The van der Waals surface area contributed by atoms with Crippen molar-refractivity contribution in [3.63, 3.8) is 0 Å². The zero-order valence-electron chi connectivity index (χ0n) is 79.0. The van der Waals surface area contributed by atoms with Crippen LogP contribution >= 0.6 is 11.6 Å². The molecule has 4 aliphatic rings. The lowest BCUT2D eigenvalue weighted by Crippen LogP contribution is -2.61. The Hall–Kier alpha value is -17.9. The van der Waals surface area contributed by atoms with E-state index in [2.05, 4.69) is 159 Å². The minimum Gasteiger partial charge on any atom is -0.381 e. The first-order valence-corrected chi connectivity index (χ1v) is 46.0. The number of fused-ring (bicyclic) bond motifs is 6. The van der Waals surface area contributed by atoms with Gasteiger partial charge in [-0.2, -0.15) is 10.2 Å². The van der Waals surface area contributed by atoms with Crippen molar-refractivity contribution in [3.8, 4) is 17.1 Å². The molecule has 0 spiro atoms. The lowest BCUT2D eigenvalue weighted by Gasteiger charge is -2.47. The number of likely N-dealkylation sites (N-methyl/N-ethyl adjacent to an activating group) is 3. The average molecular weight is 2030 g/mol. The van der Waals surface area contributed by atoms with Gasteiger partial charge in [0.1, 0.15) is 27.8 Å². The summed E-state index contributed by atoms with van der Waals surface area (Å²) in [5.74, 6) is -5.72. The number of nitrogen functional groups attached to an aromatic ring is 5. The molecule has 0 radical (unpaired) electrons. The number of halogens is 6. The van der Waals surface area contributed by atoms with Gasteiger partial charge in [-0.25, -0.2) is 83.8 Å². The third-order valence-electron chi connectivity index (χ3n) is 24.1. The standard InChI is InChI=1S/C20H23ClFN9O.C20H23FN8O2.C19H20FN9O.C18H18FN9O.C15H11FN8O/c1-28-2-3-29-4-5-30(11-13(29)10-28)17-14(21)7-24-8-15(17)26-20(32)16-18(23)27-31-9-12(22)6-25-19(16)31;21-13-9-24-19-17(18(22)26-29(19)11-13)20(30)25-15-10-23-3-1-16(15)28-6-4-27(5-7-28)14-2-8-31-12-14;1-27(2)6-4-12-7-24-28(10-12)15-3-5-22-9-14(15)25-19(30)16-17(21)26-29-11-13(20)8-23-18(16)29;1-21-4-2-11-6-24-27(9-11)14-3-5-22-8-13(14)25-18(29)15-16(20)26-28-10-12(19)7-23-17(15)28;16-9-5-20-14-12(13(17)22-24(14)7-9)15(25)21-10-6-18-2-1-11(10)23-4-3-19-8-23/h6-9,13H,2-5,10-11H2,1H3,(H2,23,27)(H,26,32);1,3,9-11,14H,2,4-8,12H2,(H2,22,26)(H,25,30);3,5,7-11H,4,6H2,1-2H3,(H2,21,26)(H,25,30);3,5-10,21H,2,4H2,1H3,(H2,20,26)(H,25,29);1-8H,(H2,17,22)(H,21,25)/t;14-;;;/m.1.../s1. The van der Waals surface area contributed by atoms with E-state index in [0.29, 0.717) is 62.6 Å². The van der Waals surface area contributed by atoms with Crippen LogP contribution in [0.4, 0.5) is 90.9 Å². The molecule has 0 saturated carbocycles. The van der Waals surface area contributed by atoms with Crippen LogP contribution < -0.4 is 70.4 Å². The number of nitrogens with two attached hydrogens (primary N) is 5. The Morgan fingerprint density at radius 2 is 0.796 bits per heavy atom. The monoisotopic (exact) mass is 2030 g/mol. The van der Waals surface area contributed by atoms with Gasteiger partial charge in [-0.3, -0.25) is 58.7 Å². The van der Waals surface area contributed by atoms with Gasteiger partial charge in [-0.05, 0) is 89.4 Å². The summed E-state index contributed by atoms with van der Waals surface area (Å²) in [6.45, 7) is 12.5. The molecule has 0 bridgehead atoms. The van der Waals surface area contributed by atoms with Crippen LogP contribution in [0.5, 0.6) is 0 Å². The summed E-state index contributed by atoms with van der Waals surface area (Å²) < 4.78 is 83.2. The van der Waals surface area contributed by atoms with Gasteiger partial charge >= 0.3 is 0 Å². The molecule has 147 heavy (non-hydrogen) atoms. The van der Waals surface area contributed by atoms with Crippen molar-refractivity contribution >= 4 is 138 Å². The van der Waals surface area contributed by atoms with Crippen LogP contribution in [0.2, 0.25) is 5.02 Å². The van der Waals surface area contributed by atoms with Gasteiger partial charge in [0.2, 0.25) is 0 Å². The summed E-state index contributed by atoms with van der Waals surface area (Å²) in [5, 5.41) is 46.1. The van der Waals surface area contributed by atoms with Crippen LogP contribution in [0, 0.1) is 29.1 Å². The first kappa shape index (κ1) is 99.3.